The highest BCUT2D eigenvalue weighted by molar-refractivity contribution is 8.26. The molecule has 49 heavy (non-hydrogen) atoms. The quantitative estimate of drug-likeness (QED) is 0.113. The number of carbonyl (C=O) groups is 4. The van der Waals surface area contributed by atoms with Crippen LogP contribution in [0.1, 0.15) is 45.1 Å². The van der Waals surface area contributed by atoms with E-state index in [9.17, 15) is 36.0 Å². The maximum Gasteiger partial charge on any atom is 0.349 e. The summed E-state index contributed by atoms with van der Waals surface area (Å²) in [4.78, 5) is 58.7. The third-order valence-corrected chi connectivity index (χ3v) is 13.4. The van der Waals surface area contributed by atoms with Gasteiger partial charge in [0.05, 0.1) is 36.4 Å². The van der Waals surface area contributed by atoms with E-state index >= 15 is 0 Å². The van der Waals surface area contributed by atoms with Crippen molar-refractivity contribution < 1.29 is 49.9 Å². The van der Waals surface area contributed by atoms with Crippen molar-refractivity contribution in [1.29, 1.82) is 0 Å². The van der Waals surface area contributed by atoms with Crippen LogP contribution in [0.15, 0.2) is 49.2 Å². The Hall–Kier alpha value is -3.06. The Balaban J connectivity index is 0.000000603. The zero-order valence-corrected chi connectivity index (χ0v) is 30.6. The largest absolute Gasteiger partial charge is 0.491 e. The summed E-state index contributed by atoms with van der Waals surface area (Å²) < 4.78 is 66.7. The molecule has 0 aliphatic carbocycles. The maximum atomic E-state index is 12.7. The van der Waals surface area contributed by atoms with Crippen molar-refractivity contribution in [2.24, 2.45) is 21.5 Å². The van der Waals surface area contributed by atoms with Crippen LogP contribution in [0.3, 0.4) is 0 Å². The van der Waals surface area contributed by atoms with Crippen LogP contribution in [-0.2, 0) is 36.2 Å². The van der Waals surface area contributed by atoms with Crippen molar-refractivity contribution in [3.63, 3.8) is 0 Å². The second kappa shape index (κ2) is 15.9. The molecule has 0 spiro atoms. The van der Waals surface area contributed by atoms with Gasteiger partial charge in [0.25, 0.3) is 32.1 Å². The van der Waals surface area contributed by atoms with Crippen molar-refractivity contribution in [2.75, 3.05) is 18.1 Å². The number of benzene rings is 1. The first-order chi connectivity index (χ1) is 22.9. The number of rotatable bonds is 10. The summed E-state index contributed by atoms with van der Waals surface area (Å²) in [5.41, 5.74) is 12.9. The standard InChI is InChI=1S/C22H20N6O8S5.C4H10O3S/c1-2-4-7-11-13(39-19(37-11)8-15(23)25-21(31)27-17(8)29)10(36-5-3-6-41(33,34)35)14-12(7)38-20(40-14)9-16(24)26-22(32)28-18(9)30;1-2-3-4-8(5,6)7/h2-6H2,1H3,(H,33,34,35)(H3,23,25,27,29,31)(H3,24,26,28,30,32);2-4H2,1H3,(H,5,6,7)/b19-8-,20-9+;. The summed E-state index contributed by atoms with van der Waals surface area (Å²) in [5, 5.41) is 4.26. The fourth-order valence-corrected chi connectivity index (χ4v) is 11.4. The Morgan fingerprint density at radius 1 is 0.694 bits per heavy atom. The molecular weight excluding hydrogens is 765 g/mol. The molecule has 0 saturated heterocycles. The van der Waals surface area contributed by atoms with E-state index in [2.05, 4.69) is 20.6 Å². The number of urea groups is 2. The lowest BCUT2D eigenvalue weighted by molar-refractivity contribution is -0.116. The molecule has 0 saturated carbocycles. The van der Waals surface area contributed by atoms with Crippen LogP contribution in [-0.4, -0.2) is 79.6 Å². The lowest BCUT2D eigenvalue weighted by atomic mass is 10.1. The molecule has 4 aliphatic rings. The van der Waals surface area contributed by atoms with Crippen LogP contribution in [0, 0.1) is 0 Å². The van der Waals surface area contributed by atoms with E-state index in [1.54, 1.807) is 0 Å². The molecule has 5 rings (SSSR count). The minimum atomic E-state index is -4.21. The number of nitrogens with two attached hydrogens (primary N) is 2. The number of thioether (sulfide) groups is 4. The predicted molar refractivity (Wildman–Crippen MR) is 186 cm³/mol. The Bertz CT molecular complexity index is 1880. The van der Waals surface area contributed by atoms with Gasteiger partial charge in [-0.05, 0) is 24.8 Å². The Morgan fingerprint density at radius 3 is 1.49 bits per heavy atom. The maximum absolute atomic E-state index is 12.7. The topological polar surface area (TPSA) is 287 Å². The Morgan fingerprint density at radius 2 is 1.12 bits per heavy atom. The molecule has 4 heterocycles. The molecule has 4 aliphatic heterocycles. The summed E-state index contributed by atoms with van der Waals surface area (Å²) in [5.74, 6) is -2.05. The Kier molecular flexibility index (Phi) is 12.5. The number of nitrogens with zero attached hydrogens (tertiary/aromatic N) is 2. The fourth-order valence-electron chi connectivity index (χ4n) is 4.39. The highest BCUT2D eigenvalue weighted by Gasteiger charge is 2.40. The van der Waals surface area contributed by atoms with Crippen LogP contribution in [0.25, 0.3) is 0 Å². The molecular formula is C26H30N6O11S6. The van der Waals surface area contributed by atoms with Crippen molar-refractivity contribution in [1.82, 2.24) is 10.6 Å². The number of unbranched alkanes of at least 4 members (excludes halogenated alkanes) is 1. The number of hydrogen-bond acceptors (Lipinski definition) is 15. The van der Waals surface area contributed by atoms with Crippen LogP contribution in [0.2, 0.25) is 0 Å². The normalized spacial score (nSPS) is 20.5. The van der Waals surface area contributed by atoms with Gasteiger partial charge in [-0.25, -0.2) is 9.59 Å². The zero-order valence-electron chi connectivity index (χ0n) is 25.7. The molecule has 23 heteroatoms. The molecule has 0 aromatic heterocycles. The molecule has 0 fully saturated rings. The number of ether oxygens (including phenoxy) is 1. The monoisotopic (exact) mass is 794 g/mol. The first-order valence-electron chi connectivity index (χ1n) is 14.3. The molecule has 6 amide bonds. The number of amidine groups is 2. The lowest BCUT2D eigenvalue weighted by Gasteiger charge is -2.17. The second-order valence-electron chi connectivity index (χ2n) is 10.2. The molecule has 1 aromatic rings. The van der Waals surface area contributed by atoms with E-state index in [0.717, 1.165) is 28.2 Å². The van der Waals surface area contributed by atoms with Crippen molar-refractivity contribution in [2.45, 2.75) is 65.5 Å². The van der Waals surface area contributed by atoms with Gasteiger partial charge in [0.15, 0.2) is 0 Å². The summed E-state index contributed by atoms with van der Waals surface area (Å²) in [6.45, 7) is 3.79. The minimum Gasteiger partial charge on any atom is -0.491 e. The molecule has 8 N–H and O–H groups in total. The van der Waals surface area contributed by atoms with Crippen molar-refractivity contribution in [3.8, 4) is 5.75 Å². The average Bonchev–Trinajstić information content (AvgIpc) is 3.59. The molecule has 17 nitrogen and oxygen atoms in total. The van der Waals surface area contributed by atoms with Gasteiger partial charge in [-0.3, -0.25) is 29.3 Å². The van der Waals surface area contributed by atoms with Crippen LogP contribution < -0.4 is 26.8 Å². The summed E-state index contributed by atoms with van der Waals surface area (Å²) >= 11 is 4.91. The second-order valence-corrected chi connectivity index (χ2v) is 18.0. The molecule has 0 bridgehead atoms. The van der Waals surface area contributed by atoms with Gasteiger partial charge in [0.2, 0.25) is 0 Å². The van der Waals surface area contributed by atoms with Gasteiger partial charge < -0.3 is 16.2 Å². The number of carbonyl (C=O) groups excluding carboxylic acids is 4. The number of imide groups is 2. The van der Waals surface area contributed by atoms with Gasteiger partial charge in [0, 0.05) is 9.79 Å². The third-order valence-electron chi connectivity index (χ3n) is 6.46. The predicted octanol–water partition coefficient (Wildman–Crippen LogP) is 3.00. The van der Waals surface area contributed by atoms with Gasteiger partial charge in [-0.1, -0.05) is 73.7 Å². The molecule has 0 unspecified atom stereocenters. The van der Waals surface area contributed by atoms with E-state index in [-0.39, 0.29) is 41.6 Å². The van der Waals surface area contributed by atoms with Crippen LogP contribution in [0.4, 0.5) is 9.59 Å². The average molecular weight is 795 g/mol. The Labute approximate surface area is 297 Å². The van der Waals surface area contributed by atoms with Crippen LogP contribution in [0.5, 0.6) is 5.75 Å². The number of hydrogen-bond donors (Lipinski definition) is 6. The van der Waals surface area contributed by atoms with Crippen molar-refractivity contribution in [3.05, 3.63) is 25.2 Å². The fraction of sp³-hybridized carbons (Fsp3) is 0.385. The summed E-state index contributed by atoms with van der Waals surface area (Å²) in [6, 6.07) is -1.72. The molecule has 266 valence electrons. The van der Waals surface area contributed by atoms with Gasteiger partial charge in [-0.15, -0.1) is 0 Å². The minimum absolute atomic E-state index is 0.00908. The van der Waals surface area contributed by atoms with E-state index in [1.807, 2.05) is 13.8 Å². The highest BCUT2D eigenvalue weighted by Crippen LogP contribution is 2.66. The van der Waals surface area contributed by atoms with Crippen molar-refractivity contribution >= 4 is 103 Å². The number of amides is 6. The summed E-state index contributed by atoms with van der Waals surface area (Å²) in [7, 11) is -7.89. The van der Waals surface area contributed by atoms with E-state index in [4.69, 9.17) is 25.3 Å². The number of fused-ring (bicyclic) bond motifs is 2. The van der Waals surface area contributed by atoms with Gasteiger partial charge in [-0.2, -0.15) is 26.8 Å². The zero-order chi connectivity index (χ0) is 36.3. The SMILES string of the molecule is CCCCS(=O)(=O)O.CCCc1c2c(c(OCCCS(=O)(=O)O)c3c1S/C(=C1\C(=O)NC(=O)N=C1N)S3)S/C(=C1\C(=O)NC(=O)N=C1N)S2. The number of aliphatic imine (C=N–C) groups is 2. The van der Waals surface area contributed by atoms with Gasteiger partial charge in [0.1, 0.15) is 28.6 Å². The van der Waals surface area contributed by atoms with E-state index < -0.39 is 49.9 Å². The molecule has 0 radical (unpaired) electrons. The van der Waals surface area contributed by atoms with Gasteiger partial charge >= 0.3 is 12.1 Å². The number of nitrogens with one attached hydrogen (secondary N) is 2. The lowest BCUT2D eigenvalue weighted by Crippen LogP contribution is -2.40. The third kappa shape index (κ3) is 9.59. The first-order valence-corrected chi connectivity index (χ1v) is 20.8. The highest BCUT2D eigenvalue weighted by atomic mass is 32.2. The smallest absolute Gasteiger partial charge is 0.349 e. The summed E-state index contributed by atoms with van der Waals surface area (Å²) in [6.07, 6.45) is 2.69. The molecule has 0 atom stereocenters. The van der Waals surface area contributed by atoms with Crippen LogP contribution >= 0.6 is 47.0 Å². The molecule has 1 aromatic carbocycles. The van der Waals surface area contributed by atoms with E-state index in [0.29, 0.717) is 36.9 Å². The first kappa shape index (κ1) is 38.7. The van der Waals surface area contributed by atoms with E-state index in [1.165, 1.54) is 47.0 Å².